The second kappa shape index (κ2) is 4.74. The van der Waals surface area contributed by atoms with E-state index < -0.39 is 0 Å². The van der Waals surface area contributed by atoms with Crippen LogP contribution in [0, 0.1) is 13.8 Å². The molecule has 4 heteroatoms. The van der Waals surface area contributed by atoms with Gasteiger partial charge < -0.3 is 0 Å². The minimum Gasteiger partial charge on any atom is -0.290 e. The number of carbonyl (C=O) groups excluding carboxylic acids is 1. The lowest BCUT2D eigenvalue weighted by atomic mass is 10.1. The fourth-order valence-corrected chi connectivity index (χ4v) is 1.51. The Balaban J connectivity index is 2.20. The number of aryl methyl sites for hydroxylation is 2. The normalized spacial score (nSPS) is 10.0. The van der Waals surface area contributed by atoms with Crippen LogP contribution in [0.1, 0.15) is 21.6 Å². The van der Waals surface area contributed by atoms with Gasteiger partial charge in [-0.1, -0.05) is 18.2 Å². The Morgan fingerprint density at radius 1 is 1.18 bits per heavy atom. The highest BCUT2D eigenvalue weighted by atomic mass is 16.1. The molecule has 1 heterocycles. The minimum absolute atomic E-state index is 0.186. The Kier molecular flexibility index (Phi) is 3.14. The number of nitrogens with one attached hydrogen (secondary N) is 1. The van der Waals surface area contributed by atoms with Crippen molar-refractivity contribution >= 4 is 11.9 Å². The molecular formula is C13H13N3O. The van der Waals surface area contributed by atoms with Crippen molar-refractivity contribution in [2.45, 2.75) is 13.8 Å². The van der Waals surface area contributed by atoms with E-state index in [0.29, 0.717) is 11.5 Å². The number of rotatable bonds is 2. The lowest BCUT2D eigenvalue weighted by molar-refractivity contribution is 0.102. The second-order valence-electron chi connectivity index (χ2n) is 3.79. The van der Waals surface area contributed by atoms with Crippen molar-refractivity contribution in [1.29, 1.82) is 0 Å². The molecule has 4 nitrogen and oxygen atoms in total. The van der Waals surface area contributed by atoms with Crippen molar-refractivity contribution < 1.29 is 4.79 Å². The standard InChI is InChI=1S/C13H13N3O/c1-9-5-3-4-6-11(9)12(17)16-13-14-8-7-10(2)15-13/h3-8H,1-2H3,(H,14,15,16,17). The first-order valence-corrected chi connectivity index (χ1v) is 5.33. The fraction of sp³-hybridized carbons (Fsp3) is 0.154. The Hall–Kier alpha value is -2.23. The molecule has 1 aromatic heterocycles. The smallest absolute Gasteiger partial charge is 0.258 e. The van der Waals surface area contributed by atoms with Crippen molar-refractivity contribution in [1.82, 2.24) is 9.97 Å². The van der Waals surface area contributed by atoms with Crippen LogP contribution in [0.4, 0.5) is 5.95 Å². The first-order chi connectivity index (χ1) is 8.16. The van der Waals surface area contributed by atoms with E-state index in [4.69, 9.17) is 0 Å². The number of hydrogen-bond acceptors (Lipinski definition) is 3. The molecule has 1 amide bonds. The van der Waals surface area contributed by atoms with Gasteiger partial charge in [-0.3, -0.25) is 10.1 Å². The van der Waals surface area contributed by atoms with Crippen LogP contribution in [-0.4, -0.2) is 15.9 Å². The molecule has 17 heavy (non-hydrogen) atoms. The molecule has 0 unspecified atom stereocenters. The number of carbonyl (C=O) groups is 1. The number of hydrogen-bond donors (Lipinski definition) is 1. The average Bonchev–Trinajstić information content (AvgIpc) is 2.29. The van der Waals surface area contributed by atoms with Crippen molar-refractivity contribution in [2.75, 3.05) is 5.32 Å². The Morgan fingerprint density at radius 2 is 1.94 bits per heavy atom. The number of benzene rings is 1. The van der Waals surface area contributed by atoms with Gasteiger partial charge in [-0.25, -0.2) is 9.97 Å². The summed E-state index contributed by atoms with van der Waals surface area (Å²) in [5, 5.41) is 2.68. The number of aromatic nitrogens is 2. The van der Waals surface area contributed by atoms with Gasteiger partial charge in [0.25, 0.3) is 5.91 Å². The molecule has 0 spiro atoms. The molecule has 0 saturated carbocycles. The SMILES string of the molecule is Cc1ccnc(NC(=O)c2ccccc2C)n1. The predicted octanol–water partition coefficient (Wildman–Crippen LogP) is 2.35. The van der Waals surface area contributed by atoms with Gasteiger partial charge in [-0.2, -0.15) is 0 Å². The maximum atomic E-state index is 12.0. The van der Waals surface area contributed by atoms with Crippen LogP contribution in [0.25, 0.3) is 0 Å². The molecule has 0 aliphatic rings. The summed E-state index contributed by atoms with van der Waals surface area (Å²) < 4.78 is 0. The molecular weight excluding hydrogens is 214 g/mol. The van der Waals surface area contributed by atoms with E-state index in [-0.39, 0.29) is 5.91 Å². The van der Waals surface area contributed by atoms with Gasteiger partial charge in [-0.05, 0) is 31.5 Å². The highest BCUT2D eigenvalue weighted by molar-refractivity contribution is 6.04. The molecule has 0 atom stereocenters. The van der Waals surface area contributed by atoms with Gasteiger partial charge in [0.05, 0.1) is 0 Å². The topological polar surface area (TPSA) is 54.9 Å². The summed E-state index contributed by atoms with van der Waals surface area (Å²) >= 11 is 0. The van der Waals surface area contributed by atoms with Gasteiger partial charge in [0.2, 0.25) is 5.95 Å². The monoisotopic (exact) mass is 227 g/mol. The molecule has 0 bridgehead atoms. The molecule has 2 aromatic rings. The number of nitrogens with zero attached hydrogens (tertiary/aromatic N) is 2. The van der Waals surface area contributed by atoms with Crippen LogP contribution >= 0.6 is 0 Å². The fourth-order valence-electron chi connectivity index (χ4n) is 1.51. The van der Waals surface area contributed by atoms with Crippen LogP contribution in [0.2, 0.25) is 0 Å². The zero-order valence-corrected chi connectivity index (χ0v) is 9.77. The lowest BCUT2D eigenvalue weighted by Crippen LogP contribution is -2.15. The third kappa shape index (κ3) is 2.66. The van der Waals surface area contributed by atoms with Crippen LogP contribution < -0.4 is 5.32 Å². The van der Waals surface area contributed by atoms with E-state index in [0.717, 1.165) is 11.3 Å². The van der Waals surface area contributed by atoms with Crippen molar-refractivity contribution in [2.24, 2.45) is 0 Å². The largest absolute Gasteiger partial charge is 0.290 e. The summed E-state index contributed by atoms with van der Waals surface area (Å²) in [6, 6.07) is 9.18. The minimum atomic E-state index is -0.186. The first-order valence-electron chi connectivity index (χ1n) is 5.33. The van der Waals surface area contributed by atoms with Gasteiger partial charge >= 0.3 is 0 Å². The second-order valence-corrected chi connectivity index (χ2v) is 3.79. The molecule has 1 aromatic carbocycles. The van der Waals surface area contributed by atoms with Gasteiger partial charge in [0.1, 0.15) is 0 Å². The zero-order valence-electron chi connectivity index (χ0n) is 9.77. The molecule has 0 fully saturated rings. The van der Waals surface area contributed by atoms with E-state index >= 15 is 0 Å². The molecule has 2 rings (SSSR count). The maximum Gasteiger partial charge on any atom is 0.258 e. The Bertz CT molecular complexity index is 552. The molecule has 0 saturated heterocycles. The third-order valence-electron chi connectivity index (χ3n) is 2.41. The highest BCUT2D eigenvalue weighted by Gasteiger charge is 2.09. The molecule has 0 aliphatic carbocycles. The van der Waals surface area contributed by atoms with Crippen LogP contribution in [0.15, 0.2) is 36.5 Å². The van der Waals surface area contributed by atoms with Crippen LogP contribution in [0.3, 0.4) is 0 Å². The Labute approximate surface area is 99.7 Å². The van der Waals surface area contributed by atoms with E-state index in [1.54, 1.807) is 18.3 Å². The predicted molar refractivity (Wildman–Crippen MR) is 65.9 cm³/mol. The Morgan fingerprint density at radius 3 is 2.65 bits per heavy atom. The van der Waals surface area contributed by atoms with Gasteiger partial charge in [-0.15, -0.1) is 0 Å². The first kappa shape index (κ1) is 11.3. The molecule has 0 radical (unpaired) electrons. The van der Waals surface area contributed by atoms with Crippen LogP contribution in [0.5, 0.6) is 0 Å². The quantitative estimate of drug-likeness (QED) is 0.856. The van der Waals surface area contributed by atoms with Crippen LogP contribution in [-0.2, 0) is 0 Å². The summed E-state index contributed by atoms with van der Waals surface area (Å²) in [6.45, 7) is 3.75. The summed E-state index contributed by atoms with van der Waals surface area (Å²) in [6.07, 6.45) is 1.62. The van der Waals surface area contributed by atoms with Crippen molar-refractivity contribution in [3.8, 4) is 0 Å². The van der Waals surface area contributed by atoms with Gasteiger partial charge in [0, 0.05) is 17.5 Å². The lowest BCUT2D eigenvalue weighted by Gasteiger charge is -2.06. The maximum absolute atomic E-state index is 12.0. The summed E-state index contributed by atoms with van der Waals surface area (Å²) in [5.41, 5.74) is 2.38. The average molecular weight is 227 g/mol. The van der Waals surface area contributed by atoms with E-state index in [9.17, 15) is 4.79 Å². The highest BCUT2D eigenvalue weighted by Crippen LogP contribution is 2.09. The van der Waals surface area contributed by atoms with E-state index in [1.165, 1.54) is 0 Å². The third-order valence-corrected chi connectivity index (χ3v) is 2.41. The molecule has 1 N–H and O–H groups in total. The van der Waals surface area contributed by atoms with E-state index in [1.807, 2.05) is 32.0 Å². The zero-order chi connectivity index (χ0) is 12.3. The number of anilines is 1. The molecule has 0 aliphatic heterocycles. The number of amides is 1. The van der Waals surface area contributed by atoms with Gasteiger partial charge in [0.15, 0.2) is 0 Å². The van der Waals surface area contributed by atoms with E-state index in [2.05, 4.69) is 15.3 Å². The summed E-state index contributed by atoms with van der Waals surface area (Å²) in [4.78, 5) is 20.1. The summed E-state index contributed by atoms with van der Waals surface area (Å²) in [7, 11) is 0. The summed E-state index contributed by atoms with van der Waals surface area (Å²) in [5.74, 6) is 0.145. The van der Waals surface area contributed by atoms with Crippen molar-refractivity contribution in [3.05, 3.63) is 53.3 Å². The van der Waals surface area contributed by atoms with Crippen molar-refractivity contribution in [3.63, 3.8) is 0 Å². The molecule has 86 valence electrons.